The van der Waals surface area contributed by atoms with Gasteiger partial charge in [0.1, 0.15) is 0 Å². The Bertz CT molecular complexity index is 1280. The average molecular weight is 459 g/mol. The fraction of sp³-hybridized carbons (Fsp3) is 0.192. The fourth-order valence-electron chi connectivity index (χ4n) is 3.55. The summed E-state index contributed by atoms with van der Waals surface area (Å²) in [5, 5.41) is 5.86. The third kappa shape index (κ3) is 5.43. The number of nitrogens with zero attached hydrogens (tertiary/aromatic N) is 2. The van der Waals surface area contributed by atoms with Gasteiger partial charge in [-0.15, -0.1) is 11.8 Å². The Morgan fingerprint density at radius 2 is 1.67 bits per heavy atom. The molecule has 4 rings (SSSR count). The quantitative estimate of drug-likeness (QED) is 0.330. The summed E-state index contributed by atoms with van der Waals surface area (Å²) in [7, 11) is 0. The van der Waals surface area contributed by atoms with Gasteiger partial charge >= 0.3 is 0 Å². The SMILES string of the molecule is CCCn1c(NC(=O)c2ccccc2SCC(=O)Nc2ccc(C)cc2)nc2ccccc21. The Kier molecular flexibility index (Phi) is 7.10. The largest absolute Gasteiger partial charge is 0.325 e. The number of hydrogen-bond acceptors (Lipinski definition) is 4. The molecule has 2 N–H and O–H groups in total. The van der Waals surface area contributed by atoms with Crippen LogP contribution in [-0.2, 0) is 11.3 Å². The van der Waals surface area contributed by atoms with Gasteiger partial charge in [-0.25, -0.2) is 4.98 Å². The Balaban J connectivity index is 1.47. The van der Waals surface area contributed by atoms with E-state index in [2.05, 4.69) is 22.5 Å². The number of hydrogen-bond donors (Lipinski definition) is 2. The van der Waals surface area contributed by atoms with Crippen molar-refractivity contribution in [1.29, 1.82) is 0 Å². The second-order valence-corrected chi connectivity index (χ2v) is 8.75. The number of imidazole rings is 1. The highest BCUT2D eigenvalue weighted by atomic mass is 32.2. The molecule has 7 heteroatoms. The smallest absolute Gasteiger partial charge is 0.259 e. The van der Waals surface area contributed by atoms with Crippen LogP contribution in [0, 0.1) is 6.92 Å². The maximum Gasteiger partial charge on any atom is 0.259 e. The molecule has 0 aliphatic rings. The van der Waals surface area contributed by atoms with E-state index in [1.165, 1.54) is 11.8 Å². The third-order valence-electron chi connectivity index (χ3n) is 5.15. The molecule has 0 aliphatic heterocycles. The number of nitrogens with one attached hydrogen (secondary N) is 2. The van der Waals surface area contributed by atoms with Crippen LogP contribution in [0.1, 0.15) is 29.3 Å². The van der Waals surface area contributed by atoms with Gasteiger partial charge in [0.05, 0.1) is 22.3 Å². The maximum absolute atomic E-state index is 13.2. The normalized spacial score (nSPS) is 10.8. The molecule has 1 heterocycles. The number of fused-ring (bicyclic) bond motifs is 1. The van der Waals surface area contributed by atoms with Crippen LogP contribution >= 0.6 is 11.8 Å². The van der Waals surface area contributed by atoms with Gasteiger partial charge in [-0.1, -0.05) is 48.9 Å². The van der Waals surface area contributed by atoms with Gasteiger partial charge in [-0.2, -0.15) is 0 Å². The number of rotatable bonds is 8. The molecule has 3 aromatic carbocycles. The Hall–Kier alpha value is -3.58. The highest BCUT2D eigenvalue weighted by Gasteiger charge is 2.17. The van der Waals surface area contributed by atoms with Crippen LogP contribution in [-0.4, -0.2) is 27.1 Å². The molecule has 0 saturated heterocycles. The summed E-state index contributed by atoms with van der Waals surface area (Å²) in [6, 6.07) is 22.8. The summed E-state index contributed by atoms with van der Waals surface area (Å²) >= 11 is 1.34. The minimum atomic E-state index is -0.246. The van der Waals surface area contributed by atoms with Crippen LogP contribution in [0.15, 0.2) is 77.7 Å². The van der Waals surface area contributed by atoms with Gasteiger partial charge in [0, 0.05) is 17.1 Å². The van der Waals surface area contributed by atoms with Crippen molar-refractivity contribution in [2.45, 2.75) is 31.7 Å². The van der Waals surface area contributed by atoms with Crippen LogP contribution in [0.4, 0.5) is 11.6 Å². The van der Waals surface area contributed by atoms with Crippen LogP contribution in [0.5, 0.6) is 0 Å². The molecule has 0 radical (unpaired) electrons. The van der Waals surface area contributed by atoms with Gasteiger partial charge in [0.15, 0.2) is 0 Å². The summed E-state index contributed by atoms with van der Waals surface area (Å²) in [4.78, 5) is 30.9. The van der Waals surface area contributed by atoms with Crippen molar-refractivity contribution in [2.75, 3.05) is 16.4 Å². The second kappa shape index (κ2) is 10.4. The third-order valence-corrected chi connectivity index (χ3v) is 6.23. The molecule has 168 valence electrons. The van der Waals surface area contributed by atoms with E-state index in [1.54, 1.807) is 6.07 Å². The Morgan fingerprint density at radius 1 is 0.939 bits per heavy atom. The Labute approximate surface area is 197 Å². The molecule has 0 spiro atoms. The number of aryl methyl sites for hydroxylation is 2. The summed E-state index contributed by atoms with van der Waals surface area (Å²) in [6.45, 7) is 4.85. The lowest BCUT2D eigenvalue weighted by atomic mass is 10.2. The highest BCUT2D eigenvalue weighted by molar-refractivity contribution is 8.00. The zero-order valence-corrected chi connectivity index (χ0v) is 19.5. The molecule has 2 amide bonds. The first kappa shape index (κ1) is 22.6. The predicted molar refractivity (Wildman–Crippen MR) is 135 cm³/mol. The van der Waals surface area contributed by atoms with Crippen molar-refractivity contribution in [3.63, 3.8) is 0 Å². The number of para-hydroxylation sites is 2. The molecule has 1 aromatic heterocycles. The van der Waals surface area contributed by atoms with E-state index in [4.69, 9.17) is 0 Å². The molecule has 0 unspecified atom stereocenters. The molecule has 0 fully saturated rings. The van der Waals surface area contributed by atoms with Gasteiger partial charge in [-0.3, -0.25) is 14.9 Å². The molecular weight excluding hydrogens is 432 g/mol. The predicted octanol–water partition coefficient (Wildman–Crippen LogP) is 5.74. The van der Waals surface area contributed by atoms with E-state index < -0.39 is 0 Å². The summed E-state index contributed by atoms with van der Waals surface area (Å²) < 4.78 is 2.03. The van der Waals surface area contributed by atoms with Crippen molar-refractivity contribution in [3.8, 4) is 0 Å². The van der Waals surface area contributed by atoms with Crippen molar-refractivity contribution in [2.24, 2.45) is 0 Å². The molecule has 4 aromatic rings. The van der Waals surface area contributed by atoms with Crippen molar-refractivity contribution in [3.05, 3.63) is 83.9 Å². The molecule has 33 heavy (non-hydrogen) atoms. The lowest BCUT2D eigenvalue weighted by molar-refractivity contribution is -0.113. The summed E-state index contributed by atoms with van der Waals surface area (Å²) in [6.07, 6.45) is 0.922. The maximum atomic E-state index is 13.2. The standard InChI is InChI=1S/C26H26N4O2S/c1-3-16-30-22-10-6-5-9-21(22)28-26(30)29-25(32)20-8-4-7-11-23(20)33-17-24(31)27-19-14-12-18(2)13-15-19/h4-15H,3,16-17H2,1-2H3,(H,27,31)(H,28,29,32). The van der Waals surface area contributed by atoms with Gasteiger partial charge < -0.3 is 9.88 Å². The number of anilines is 2. The minimum absolute atomic E-state index is 0.121. The van der Waals surface area contributed by atoms with Gasteiger partial charge in [0.25, 0.3) is 5.91 Å². The number of thioether (sulfide) groups is 1. The van der Waals surface area contributed by atoms with E-state index in [1.807, 2.05) is 78.2 Å². The number of carbonyl (C=O) groups is 2. The molecule has 6 nitrogen and oxygen atoms in total. The number of carbonyl (C=O) groups excluding carboxylic acids is 2. The second-order valence-electron chi connectivity index (χ2n) is 7.73. The summed E-state index contributed by atoms with van der Waals surface area (Å²) in [5.74, 6) is 0.362. The zero-order valence-electron chi connectivity index (χ0n) is 18.7. The number of amides is 2. The van der Waals surface area contributed by atoms with E-state index in [-0.39, 0.29) is 17.6 Å². The van der Waals surface area contributed by atoms with Crippen LogP contribution in [0.3, 0.4) is 0 Å². The van der Waals surface area contributed by atoms with E-state index in [9.17, 15) is 9.59 Å². The van der Waals surface area contributed by atoms with Crippen LogP contribution < -0.4 is 10.6 Å². The fourth-order valence-corrected chi connectivity index (χ4v) is 4.40. The lowest BCUT2D eigenvalue weighted by Gasteiger charge is -2.12. The van der Waals surface area contributed by atoms with Crippen molar-refractivity contribution >= 4 is 46.2 Å². The van der Waals surface area contributed by atoms with E-state index >= 15 is 0 Å². The molecule has 0 bridgehead atoms. The molecule has 0 aliphatic carbocycles. The van der Waals surface area contributed by atoms with Gasteiger partial charge in [0.2, 0.25) is 11.9 Å². The van der Waals surface area contributed by atoms with Crippen LogP contribution in [0.25, 0.3) is 11.0 Å². The Morgan fingerprint density at radius 3 is 2.45 bits per heavy atom. The number of aromatic nitrogens is 2. The molecule has 0 saturated carbocycles. The van der Waals surface area contributed by atoms with Gasteiger partial charge in [-0.05, 0) is 49.7 Å². The first-order chi connectivity index (χ1) is 16.0. The minimum Gasteiger partial charge on any atom is -0.325 e. The van der Waals surface area contributed by atoms with Crippen molar-refractivity contribution < 1.29 is 9.59 Å². The van der Waals surface area contributed by atoms with E-state index in [0.717, 1.165) is 40.1 Å². The molecular formula is C26H26N4O2S. The van der Waals surface area contributed by atoms with Crippen molar-refractivity contribution in [1.82, 2.24) is 9.55 Å². The summed E-state index contributed by atoms with van der Waals surface area (Å²) in [5.41, 5.74) is 4.24. The first-order valence-electron chi connectivity index (χ1n) is 10.9. The topological polar surface area (TPSA) is 76.0 Å². The molecule has 0 atom stereocenters. The first-order valence-corrected chi connectivity index (χ1v) is 11.9. The van der Waals surface area contributed by atoms with E-state index in [0.29, 0.717) is 11.5 Å². The number of benzene rings is 3. The highest BCUT2D eigenvalue weighted by Crippen LogP contribution is 2.25. The zero-order chi connectivity index (χ0) is 23.2. The monoisotopic (exact) mass is 458 g/mol. The van der Waals surface area contributed by atoms with Crippen LogP contribution in [0.2, 0.25) is 0 Å². The lowest BCUT2D eigenvalue weighted by Crippen LogP contribution is -2.18. The average Bonchev–Trinajstić information content (AvgIpc) is 3.16.